The highest BCUT2D eigenvalue weighted by Crippen LogP contribution is 2.24. The molecule has 1 aromatic carbocycles. The molecular weight excluding hydrogens is 244 g/mol. The first-order chi connectivity index (χ1) is 9.06. The predicted octanol–water partition coefficient (Wildman–Crippen LogP) is 2.21. The first kappa shape index (κ1) is 13.0. The van der Waals surface area contributed by atoms with Crippen molar-refractivity contribution < 1.29 is 14.6 Å². The molecule has 1 heterocycles. The van der Waals surface area contributed by atoms with Gasteiger partial charge < -0.3 is 9.84 Å². The molecular formula is C14H14N2O3. The van der Waals surface area contributed by atoms with Crippen LogP contribution in [0.4, 0.5) is 0 Å². The molecule has 1 aliphatic rings. The van der Waals surface area contributed by atoms with Gasteiger partial charge in [0.25, 0.3) is 0 Å². The fourth-order valence-electron chi connectivity index (χ4n) is 1.94. The number of ether oxygens (including phenoxy) is 1. The number of aliphatic imine (C=N–C) groups is 1. The van der Waals surface area contributed by atoms with Crippen molar-refractivity contribution in [3.63, 3.8) is 0 Å². The lowest BCUT2D eigenvalue weighted by Crippen LogP contribution is -2.18. The average molecular weight is 258 g/mol. The maximum atomic E-state index is 11.9. The van der Waals surface area contributed by atoms with E-state index >= 15 is 0 Å². The largest absolute Gasteiger partial charge is 0.512 e. The molecule has 5 heteroatoms. The summed E-state index contributed by atoms with van der Waals surface area (Å²) in [5.74, 6) is -0.721. The van der Waals surface area contributed by atoms with Crippen molar-refractivity contribution in [3.8, 4) is 0 Å². The Hall–Kier alpha value is -2.43. The van der Waals surface area contributed by atoms with Crippen molar-refractivity contribution in [2.45, 2.75) is 13.8 Å². The number of aliphatic hydroxyl groups excluding tert-OH is 1. The minimum atomic E-state index is -0.634. The number of amidine groups is 1. The first-order valence-electron chi connectivity index (χ1n) is 5.90. The number of esters is 1. The maximum Gasteiger partial charge on any atom is 0.343 e. The van der Waals surface area contributed by atoms with Crippen LogP contribution < -0.4 is 0 Å². The first-order valence-corrected chi connectivity index (χ1v) is 5.90. The van der Waals surface area contributed by atoms with E-state index in [1.165, 1.54) is 6.92 Å². The zero-order valence-corrected chi connectivity index (χ0v) is 10.7. The minimum absolute atomic E-state index is 0.0107. The van der Waals surface area contributed by atoms with Gasteiger partial charge in [0.05, 0.1) is 12.3 Å². The van der Waals surface area contributed by atoms with E-state index < -0.39 is 5.97 Å². The second kappa shape index (κ2) is 5.06. The summed E-state index contributed by atoms with van der Waals surface area (Å²) in [4.78, 5) is 16.0. The van der Waals surface area contributed by atoms with Gasteiger partial charge in [0, 0.05) is 11.1 Å². The van der Waals surface area contributed by atoms with Gasteiger partial charge in [-0.25, -0.2) is 9.79 Å². The van der Waals surface area contributed by atoms with E-state index in [4.69, 9.17) is 10.1 Å². The van der Waals surface area contributed by atoms with Crippen LogP contribution in [0.25, 0.3) is 0 Å². The molecule has 0 saturated heterocycles. The predicted molar refractivity (Wildman–Crippen MR) is 71.8 cm³/mol. The number of nitrogens with zero attached hydrogens (tertiary/aromatic N) is 1. The second-order valence-electron chi connectivity index (χ2n) is 4.04. The van der Waals surface area contributed by atoms with Gasteiger partial charge in [-0.3, -0.25) is 5.41 Å². The number of carbonyl (C=O) groups excluding carboxylic acids is 1. The Bertz CT molecular complexity index is 611. The van der Waals surface area contributed by atoms with Crippen LogP contribution in [0.1, 0.15) is 25.0 Å². The molecule has 0 fully saturated rings. The molecule has 0 saturated carbocycles. The number of rotatable bonds is 3. The number of benzene rings is 1. The lowest BCUT2D eigenvalue weighted by Gasteiger charge is -2.08. The number of carbonyl (C=O) groups is 1. The summed E-state index contributed by atoms with van der Waals surface area (Å²) >= 11 is 0. The number of aliphatic hydroxyl groups is 1. The molecule has 0 aromatic heterocycles. The summed E-state index contributed by atoms with van der Waals surface area (Å²) in [5, 5.41) is 17.5. The van der Waals surface area contributed by atoms with Gasteiger partial charge in [0.15, 0.2) is 5.84 Å². The van der Waals surface area contributed by atoms with Crippen molar-refractivity contribution in [2.75, 3.05) is 6.61 Å². The molecule has 0 unspecified atom stereocenters. The molecule has 0 spiro atoms. The van der Waals surface area contributed by atoms with Crippen LogP contribution in [-0.4, -0.2) is 29.2 Å². The summed E-state index contributed by atoms with van der Waals surface area (Å²) in [7, 11) is 0. The summed E-state index contributed by atoms with van der Waals surface area (Å²) in [6.45, 7) is 3.30. The smallest absolute Gasteiger partial charge is 0.343 e. The third-order valence-corrected chi connectivity index (χ3v) is 2.74. The van der Waals surface area contributed by atoms with E-state index in [1.807, 2.05) is 0 Å². The zero-order chi connectivity index (χ0) is 14.0. The van der Waals surface area contributed by atoms with Crippen molar-refractivity contribution in [2.24, 2.45) is 4.99 Å². The molecule has 98 valence electrons. The maximum absolute atomic E-state index is 11.9. The average Bonchev–Trinajstić information content (AvgIpc) is 2.68. The Morgan fingerprint density at radius 1 is 1.37 bits per heavy atom. The highest BCUT2D eigenvalue weighted by molar-refractivity contribution is 6.35. The van der Waals surface area contributed by atoms with Gasteiger partial charge in [-0.05, 0) is 13.8 Å². The molecule has 2 rings (SSSR count). The fourth-order valence-corrected chi connectivity index (χ4v) is 1.94. The molecule has 0 atom stereocenters. The van der Waals surface area contributed by atoms with E-state index in [0.717, 1.165) is 0 Å². The van der Waals surface area contributed by atoms with Crippen LogP contribution in [0.15, 0.2) is 40.6 Å². The topological polar surface area (TPSA) is 82.7 Å². The van der Waals surface area contributed by atoms with Crippen LogP contribution in [0.5, 0.6) is 0 Å². The minimum Gasteiger partial charge on any atom is -0.512 e. The van der Waals surface area contributed by atoms with Crippen LogP contribution in [0.3, 0.4) is 0 Å². The van der Waals surface area contributed by atoms with Crippen LogP contribution in [0.2, 0.25) is 0 Å². The number of nitrogens with one attached hydrogen (secondary N) is 1. The van der Waals surface area contributed by atoms with Gasteiger partial charge >= 0.3 is 5.97 Å². The Morgan fingerprint density at radius 3 is 2.58 bits per heavy atom. The Morgan fingerprint density at radius 2 is 2.00 bits per heavy atom. The standard InChI is InChI=1S/C14H14N2O3/c1-3-19-14(18)11(8(2)17)12-9-6-4-5-7-10(9)13(15)16-12/h4-7,15,17H,3H2,1-2H3. The lowest BCUT2D eigenvalue weighted by atomic mass is 9.99. The molecule has 5 nitrogen and oxygen atoms in total. The van der Waals surface area contributed by atoms with Gasteiger partial charge in [-0.2, -0.15) is 0 Å². The van der Waals surface area contributed by atoms with Gasteiger partial charge in [-0.15, -0.1) is 0 Å². The van der Waals surface area contributed by atoms with E-state index in [-0.39, 0.29) is 23.8 Å². The normalized spacial score (nSPS) is 14.6. The summed E-state index contributed by atoms with van der Waals surface area (Å²) in [6, 6.07) is 7.11. The van der Waals surface area contributed by atoms with Crippen molar-refractivity contribution in [1.29, 1.82) is 5.41 Å². The molecule has 0 radical (unpaired) electrons. The monoisotopic (exact) mass is 258 g/mol. The van der Waals surface area contributed by atoms with E-state index in [9.17, 15) is 9.90 Å². The molecule has 0 aliphatic carbocycles. The van der Waals surface area contributed by atoms with Crippen molar-refractivity contribution in [1.82, 2.24) is 0 Å². The summed E-state index contributed by atoms with van der Waals surface area (Å²) in [5.41, 5.74) is 1.60. The van der Waals surface area contributed by atoms with E-state index in [1.54, 1.807) is 31.2 Å². The molecule has 1 aliphatic heterocycles. The molecule has 0 bridgehead atoms. The van der Waals surface area contributed by atoms with Crippen LogP contribution >= 0.6 is 0 Å². The number of allylic oxidation sites excluding steroid dienone is 1. The summed E-state index contributed by atoms with van der Waals surface area (Å²) in [6.07, 6.45) is 0. The van der Waals surface area contributed by atoms with Crippen LogP contribution in [0, 0.1) is 5.41 Å². The van der Waals surface area contributed by atoms with Gasteiger partial charge in [-0.1, -0.05) is 24.3 Å². The summed E-state index contributed by atoms with van der Waals surface area (Å²) < 4.78 is 4.92. The second-order valence-corrected chi connectivity index (χ2v) is 4.04. The Kier molecular flexibility index (Phi) is 3.46. The van der Waals surface area contributed by atoms with Gasteiger partial charge in [0.1, 0.15) is 11.3 Å². The number of hydrogen-bond donors (Lipinski definition) is 2. The molecule has 19 heavy (non-hydrogen) atoms. The molecule has 2 N–H and O–H groups in total. The van der Waals surface area contributed by atoms with Crippen molar-refractivity contribution in [3.05, 3.63) is 46.7 Å². The van der Waals surface area contributed by atoms with E-state index in [2.05, 4.69) is 4.99 Å². The Labute approximate surface area is 110 Å². The third kappa shape index (κ3) is 2.27. The Balaban J connectivity index is 2.53. The fraction of sp³-hybridized carbons (Fsp3) is 0.214. The van der Waals surface area contributed by atoms with Crippen LogP contribution in [-0.2, 0) is 9.53 Å². The zero-order valence-electron chi connectivity index (χ0n) is 10.7. The molecule has 1 aromatic rings. The molecule has 0 amide bonds. The highest BCUT2D eigenvalue weighted by Gasteiger charge is 2.29. The van der Waals surface area contributed by atoms with Gasteiger partial charge in [0.2, 0.25) is 0 Å². The van der Waals surface area contributed by atoms with Crippen molar-refractivity contribution >= 4 is 17.5 Å². The number of fused-ring (bicyclic) bond motifs is 1. The lowest BCUT2D eigenvalue weighted by molar-refractivity contribution is -0.138. The number of hydrogen-bond acceptors (Lipinski definition) is 4. The van der Waals surface area contributed by atoms with E-state index in [0.29, 0.717) is 16.8 Å². The SMILES string of the molecule is CCOC(=O)C(C1=NC(=N)c2ccccc21)=C(C)O. The third-order valence-electron chi connectivity index (χ3n) is 2.74. The highest BCUT2D eigenvalue weighted by atomic mass is 16.5. The quantitative estimate of drug-likeness (QED) is 0.495.